The minimum Gasteiger partial charge on any atom is -0.465 e. The Morgan fingerprint density at radius 2 is 2.00 bits per heavy atom. The maximum atomic E-state index is 12.5. The van der Waals surface area contributed by atoms with Crippen LogP contribution in [-0.4, -0.2) is 42.0 Å². The Bertz CT molecular complexity index is 983. The van der Waals surface area contributed by atoms with Crippen LogP contribution in [0.2, 0.25) is 0 Å². The van der Waals surface area contributed by atoms with E-state index in [-0.39, 0.29) is 17.9 Å². The van der Waals surface area contributed by atoms with Gasteiger partial charge in [-0.15, -0.1) is 11.3 Å². The molecule has 1 atom stereocenters. The van der Waals surface area contributed by atoms with Crippen LogP contribution in [0.1, 0.15) is 39.8 Å². The Labute approximate surface area is 173 Å². The Morgan fingerprint density at radius 1 is 1.21 bits per heavy atom. The number of ether oxygens (including phenoxy) is 1. The predicted molar refractivity (Wildman–Crippen MR) is 113 cm³/mol. The molecular formula is C22H23N3O3S. The summed E-state index contributed by atoms with van der Waals surface area (Å²) in [5.74, 6) is -0.370. The number of rotatable bonds is 6. The average molecular weight is 410 g/mol. The van der Waals surface area contributed by atoms with Crippen LogP contribution in [0.25, 0.3) is 10.2 Å². The fourth-order valence-corrected chi connectivity index (χ4v) is 4.78. The molecule has 3 aromatic rings. The van der Waals surface area contributed by atoms with Crippen LogP contribution in [0.4, 0.5) is 0 Å². The van der Waals surface area contributed by atoms with Crippen molar-refractivity contribution < 1.29 is 14.3 Å². The Hall–Kier alpha value is -2.77. The van der Waals surface area contributed by atoms with Gasteiger partial charge in [-0.05, 0) is 49.2 Å². The van der Waals surface area contributed by atoms with Crippen LogP contribution in [0.15, 0.2) is 48.5 Å². The minimum atomic E-state index is -0.365. The second-order valence-corrected chi connectivity index (χ2v) is 8.18. The van der Waals surface area contributed by atoms with Crippen LogP contribution in [0, 0.1) is 0 Å². The van der Waals surface area contributed by atoms with E-state index < -0.39 is 0 Å². The summed E-state index contributed by atoms with van der Waals surface area (Å²) in [6.45, 7) is 1.70. The second kappa shape index (κ2) is 8.71. The van der Waals surface area contributed by atoms with Crippen LogP contribution >= 0.6 is 11.3 Å². The van der Waals surface area contributed by atoms with E-state index in [4.69, 9.17) is 9.72 Å². The van der Waals surface area contributed by atoms with Gasteiger partial charge < -0.3 is 10.1 Å². The van der Waals surface area contributed by atoms with Crippen molar-refractivity contribution in [1.29, 1.82) is 0 Å². The fraction of sp³-hybridized carbons (Fsp3) is 0.318. The molecule has 1 saturated heterocycles. The molecule has 0 unspecified atom stereocenters. The molecule has 0 aliphatic carbocycles. The molecule has 1 aromatic heterocycles. The second-order valence-electron chi connectivity index (χ2n) is 7.11. The first-order valence-electron chi connectivity index (χ1n) is 9.67. The zero-order valence-electron chi connectivity index (χ0n) is 16.3. The highest BCUT2D eigenvalue weighted by Crippen LogP contribution is 2.36. The van der Waals surface area contributed by atoms with Gasteiger partial charge in [0.05, 0.1) is 35.5 Å². The third-order valence-electron chi connectivity index (χ3n) is 5.17. The number of nitrogens with zero attached hydrogens (tertiary/aromatic N) is 2. The van der Waals surface area contributed by atoms with Crippen molar-refractivity contribution in [3.8, 4) is 0 Å². The molecule has 4 rings (SSSR count). The van der Waals surface area contributed by atoms with Crippen molar-refractivity contribution in [2.45, 2.75) is 25.4 Å². The molecule has 1 N–H and O–H groups in total. The molecule has 0 radical (unpaired) electrons. The molecule has 2 aromatic carbocycles. The summed E-state index contributed by atoms with van der Waals surface area (Å²) >= 11 is 1.72. The molecule has 29 heavy (non-hydrogen) atoms. The molecule has 1 aliphatic rings. The summed E-state index contributed by atoms with van der Waals surface area (Å²) < 4.78 is 5.89. The van der Waals surface area contributed by atoms with E-state index in [2.05, 4.69) is 16.3 Å². The van der Waals surface area contributed by atoms with Gasteiger partial charge in [-0.1, -0.05) is 24.3 Å². The van der Waals surface area contributed by atoms with E-state index in [1.165, 1.54) is 11.8 Å². The summed E-state index contributed by atoms with van der Waals surface area (Å²) in [5.41, 5.74) is 2.47. The van der Waals surface area contributed by atoms with Crippen LogP contribution in [-0.2, 0) is 16.1 Å². The van der Waals surface area contributed by atoms with Crippen LogP contribution in [0.5, 0.6) is 0 Å². The van der Waals surface area contributed by atoms with E-state index in [0.717, 1.165) is 35.5 Å². The monoisotopic (exact) mass is 409 g/mol. The van der Waals surface area contributed by atoms with Crippen molar-refractivity contribution in [2.75, 3.05) is 20.2 Å². The molecule has 1 fully saturated rings. The molecule has 1 amide bonds. The van der Waals surface area contributed by atoms with E-state index in [1.54, 1.807) is 23.5 Å². The zero-order valence-corrected chi connectivity index (χ0v) is 17.1. The number of amides is 1. The maximum absolute atomic E-state index is 12.5. The molecule has 0 bridgehead atoms. The van der Waals surface area contributed by atoms with Crippen molar-refractivity contribution in [3.63, 3.8) is 0 Å². The number of aromatic nitrogens is 1. The van der Waals surface area contributed by atoms with Gasteiger partial charge >= 0.3 is 5.97 Å². The van der Waals surface area contributed by atoms with E-state index >= 15 is 0 Å². The predicted octanol–water partition coefficient (Wildman–Crippen LogP) is 3.54. The first kappa shape index (κ1) is 19.5. The van der Waals surface area contributed by atoms with Gasteiger partial charge in [0.15, 0.2) is 0 Å². The summed E-state index contributed by atoms with van der Waals surface area (Å²) in [7, 11) is 1.36. The Balaban J connectivity index is 1.34. The lowest BCUT2D eigenvalue weighted by Crippen LogP contribution is -2.36. The van der Waals surface area contributed by atoms with E-state index in [9.17, 15) is 9.59 Å². The molecule has 1 aliphatic heterocycles. The van der Waals surface area contributed by atoms with Gasteiger partial charge in [0.1, 0.15) is 5.01 Å². The number of methoxy groups -OCH3 is 1. The number of esters is 1. The SMILES string of the molecule is COC(=O)c1ccc(CNC(=O)CN2CCC[C@@H]2c2nc3ccccc3s2)cc1. The number of thiazole rings is 1. The normalized spacial score (nSPS) is 16.8. The third kappa shape index (κ3) is 4.46. The Kier molecular flexibility index (Phi) is 5.87. The topological polar surface area (TPSA) is 71.5 Å². The van der Waals surface area contributed by atoms with Crippen LogP contribution < -0.4 is 5.32 Å². The van der Waals surface area contributed by atoms with Crippen molar-refractivity contribution >= 4 is 33.4 Å². The van der Waals surface area contributed by atoms with Crippen molar-refractivity contribution in [3.05, 3.63) is 64.7 Å². The number of likely N-dealkylation sites (tertiary alicyclic amines) is 1. The largest absolute Gasteiger partial charge is 0.465 e. The minimum absolute atomic E-state index is 0.00458. The quantitative estimate of drug-likeness (QED) is 0.631. The molecule has 6 nitrogen and oxygen atoms in total. The van der Waals surface area contributed by atoms with Gasteiger partial charge in [0.25, 0.3) is 0 Å². The fourth-order valence-electron chi connectivity index (χ4n) is 3.65. The van der Waals surface area contributed by atoms with Crippen molar-refractivity contribution in [2.24, 2.45) is 0 Å². The highest BCUT2D eigenvalue weighted by molar-refractivity contribution is 7.18. The number of benzene rings is 2. The number of hydrogen-bond acceptors (Lipinski definition) is 6. The number of carbonyl (C=O) groups excluding carboxylic acids is 2. The lowest BCUT2D eigenvalue weighted by molar-refractivity contribution is -0.122. The van der Waals surface area contributed by atoms with Gasteiger partial charge in [-0.2, -0.15) is 0 Å². The lowest BCUT2D eigenvalue weighted by Gasteiger charge is -2.22. The summed E-state index contributed by atoms with van der Waals surface area (Å²) in [6, 6.07) is 15.4. The highest BCUT2D eigenvalue weighted by Gasteiger charge is 2.29. The molecule has 150 valence electrons. The summed E-state index contributed by atoms with van der Waals surface area (Å²) in [4.78, 5) is 31.0. The summed E-state index contributed by atoms with van der Waals surface area (Å²) in [5, 5.41) is 4.07. The van der Waals surface area contributed by atoms with Gasteiger partial charge in [0, 0.05) is 6.54 Å². The van der Waals surface area contributed by atoms with E-state index in [0.29, 0.717) is 18.7 Å². The van der Waals surface area contributed by atoms with Crippen LogP contribution in [0.3, 0.4) is 0 Å². The third-order valence-corrected chi connectivity index (χ3v) is 6.31. The number of fused-ring (bicyclic) bond motifs is 1. The molecule has 7 heteroatoms. The zero-order chi connectivity index (χ0) is 20.2. The lowest BCUT2D eigenvalue weighted by atomic mass is 10.1. The first-order chi connectivity index (χ1) is 14.1. The number of nitrogens with one attached hydrogen (secondary N) is 1. The van der Waals surface area contributed by atoms with E-state index in [1.807, 2.05) is 30.3 Å². The average Bonchev–Trinajstić information content (AvgIpc) is 3.38. The molecule has 2 heterocycles. The smallest absolute Gasteiger partial charge is 0.337 e. The molecular weight excluding hydrogens is 386 g/mol. The summed E-state index contributed by atoms with van der Waals surface area (Å²) in [6.07, 6.45) is 2.10. The number of hydrogen-bond donors (Lipinski definition) is 1. The highest BCUT2D eigenvalue weighted by atomic mass is 32.1. The maximum Gasteiger partial charge on any atom is 0.337 e. The van der Waals surface area contributed by atoms with Gasteiger partial charge in [0.2, 0.25) is 5.91 Å². The molecule has 0 saturated carbocycles. The number of para-hydroxylation sites is 1. The van der Waals surface area contributed by atoms with Crippen molar-refractivity contribution in [1.82, 2.24) is 15.2 Å². The molecule has 0 spiro atoms. The standard InChI is InChI=1S/C22H23N3O3S/c1-28-22(27)16-10-8-15(9-11-16)13-23-20(26)14-25-12-4-6-18(25)21-24-17-5-2-3-7-19(17)29-21/h2-3,5,7-11,18H,4,6,12-14H2,1H3,(H,23,26)/t18-/m1/s1. The number of carbonyl (C=O) groups is 2. The first-order valence-corrected chi connectivity index (χ1v) is 10.5. The van der Waals surface area contributed by atoms with Gasteiger partial charge in [-0.25, -0.2) is 9.78 Å². The van der Waals surface area contributed by atoms with Gasteiger partial charge in [-0.3, -0.25) is 9.69 Å². The Morgan fingerprint density at radius 3 is 2.76 bits per heavy atom.